The van der Waals surface area contributed by atoms with Crippen molar-refractivity contribution in [1.82, 2.24) is 4.90 Å². The van der Waals surface area contributed by atoms with Gasteiger partial charge in [0.25, 0.3) is 0 Å². The second kappa shape index (κ2) is 5.07. The summed E-state index contributed by atoms with van der Waals surface area (Å²) in [5, 5.41) is 10.7. The Morgan fingerprint density at radius 2 is 2.00 bits per heavy atom. The van der Waals surface area contributed by atoms with Crippen molar-refractivity contribution in [2.75, 3.05) is 7.05 Å². The van der Waals surface area contributed by atoms with Gasteiger partial charge in [-0.15, -0.1) is 0 Å². The van der Waals surface area contributed by atoms with Crippen LogP contribution in [-0.4, -0.2) is 34.7 Å². The zero-order valence-corrected chi connectivity index (χ0v) is 15.0. The number of piperidine rings is 2. The van der Waals surface area contributed by atoms with E-state index < -0.39 is 5.60 Å². The molecule has 4 aliphatic rings. The summed E-state index contributed by atoms with van der Waals surface area (Å²) in [6.45, 7) is 6.37. The summed E-state index contributed by atoms with van der Waals surface area (Å²) in [5.74, 6) is 1.10. The Morgan fingerprint density at radius 3 is 2.70 bits per heavy atom. The minimum Gasteiger partial charge on any atom is -0.390 e. The molecule has 2 nitrogen and oxygen atoms in total. The highest BCUT2D eigenvalue weighted by Gasteiger charge is 2.61. The Kier molecular flexibility index (Phi) is 3.45. The van der Waals surface area contributed by atoms with E-state index in [0.717, 1.165) is 0 Å². The molecule has 1 N–H and O–H groups in total. The number of rotatable bonds is 3. The van der Waals surface area contributed by atoms with E-state index in [4.69, 9.17) is 0 Å². The molecule has 2 aliphatic heterocycles. The van der Waals surface area contributed by atoms with Gasteiger partial charge >= 0.3 is 0 Å². The molecular weight excluding hydrogens is 282 g/mol. The van der Waals surface area contributed by atoms with E-state index >= 15 is 0 Å². The molecule has 0 radical (unpaired) electrons. The quantitative estimate of drug-likeness (QED) is 0.918. The maximum Gasteiger partial charge on any atom is 0.0634 e. The number of fused-ring (bicyclic) bond motifs is 2. The van der Waals surface area contributed by atoms with Crippen LogP contribution in [0.25, 0.3) is 0 Å². The zero-order valence-electron chi connectivity index (χ0n) is 15.0. The molecule has 5 rings (SSSR count). The lowest BCUT2D eigenvalue weighted by molar-refractivity contribution is -0.149. The maximum absolute atomic E-state index is 10.7. The summed E-state index contributed by atoms with van der Waals surface area (Å²) < 4.78 is 0. The van der Waals surface area contributed by atoms with E-state index in [0.29, 0.717) is 29.3 Å². The Balaban J connectivity index is 1.83. The summed E-state index contributed by atoms with van der Waals surface area (Å²) in [6.07, 6.45) is 6.16. The lowest BCUT2D eigenvalue weighted by atomic mass is 9.46. The molecule has 5 unspecified atom stereocenters. The Bertz CT molecular complexity index is 604. The first kappa shape index (κ1) is 15.7. The zero-order chi connectivity index (χ0) is 16.4. The molecule has 0 amide bonds. The third-order valence-corrected chi connectivity index (χ3v) is 7.35. The van der Waals surface area contributed by atoms with E-state index in [1.54, 1.807) is 11.1 Å². The molecular formula is C21H31NO. The Labute approximate surface area is 140 Å². The fourth-order valence-corrected chi connectivity index (χ4v) is 6.44. The number of aliphatic hydroxyl groups is 1. The largest absolute Gasteiger partial charge is 0.390 e. The second-order valence-electron chi connectivity index (χ2n) is 8.87. The Hall–Kier alpha value is -0.860. The lowest BCUT2D eigenvalue weighted by Gasteiger charge is -2.66. The monoisotopic (exact) mass is 313 g/mol. The molecule has 2 heteroatoms. The van der Waals surface area contributed by atoms with Crippen LogP contribution in [0.5, 0.6) is 0 Å². The molecule has 1 aromatic rings. The van der Waals surface area contributed by atoms with Crippen LogP contribution in [0.4, 0.5) is 0 Å². The van der Waals surface area contributed by atoms with E-state index in [1.807, 2.05) is 13.8 Å². The summed E-state index contributed by atoms with van der Waals surface area (Å²) in [5.41, 5.74) is 3.00. The van der Waals surface area contributed by atoms with Gasteiger partial charge in [-0.2, -0.15) is 0 Å². The van der Waals surface area contributed by atoms with Crippen molar-refractivity contribution < 1.29 is 5.11 Å². The molecule has 2 aliphatic carbocycles. The average Bonchev–Trinajstić information content (AvgIpc) is 2.50. The molecule has 0 spiro atoms. The van der Waals surface area contributed by atoms with Crippen molar-refractivity contribution in [3.63, 3.8) is 0 Å². The van der Waals surface area contributed by atoms with Crippen LogP contribution in [0.1, 0.15) is 57.6 Å². The van der Waals surface area contributed by atoms with Gasteiger partial charge in [-0.1, -0.05) is 37.6 Å². The van der Waals surface area contributed by atoms with Crippen molar-refractivity contribution in [3.05, 3.63) is 35.4 Å². The molecule has 3 fully saturated rings. The predicted octanol–water partition coefficient (Wildman–Crippen LogP) is 3.76. The van der Waals surface area contributed by atoms with Crippen LogP contribution in [-0.2, 0) is 11.8 Å². The van der Waals surface area contributed by atoms with Gasteiger partial charge in [-0.3, -0.25) is 4.90 Å². The summed E-state index contributed by atoms with van der Waals surface area (Å²) in [6, 6.07) is 10.4. The van der Waals surface area contributed by atoms with Gasteiger partial charge in [0.2, 0.25) is 0 Å². The normalized spacial score (nSPS) is 39.3. The van der Waals surface area contributed by atoms with E-state index in [9.17, 15) is 5.11 Å². The second-order valence-corrected chi connectivity index (χ2v) is 8.87. The van der Waals surface area contributed by atoms with Crippen molar-refractivity contribution in [2.45, 2.75) is 76.0 Å². The fraction of sp³-hybridized carbons (Fsp3) is 0.714. The van der Waals surface area contributed by atoms with Gasteiger partial charge in [0.05, 0.1) is 5.60 Å². The number of nitrogens with zero attached hydrogens (tertiary/aromatic N) is 1. The van der Waals surface area contributed by atoms with Crippen molar-refractivity contribution >= 4 is 0 Å². The molecule has 0 aromatic heterocycles. The third kappa shape index (κ3) is 2.07. The Morgan fingerprint density at radius 1 is 1.26 bits per heavy atom. The van der Waals surface area contributed by atoms with Gasteiger partial charge in [-0.25, -0.2) is 0 Å². The minimum absolute atomic E-state index is 0.354. The molecule has 2 saturated heterocycles. The third-order valence-electron chi connectivity index (χ3n) is 7.35. The molecule has 23 heavy (non-hydrogen) atoms. The highest BCUT2D eigenvalue weighted by Crippen LogP contribution is 2.61. The highest BCUT2D eigenvalue weighted by molar-refractivity contribution is 5.42. The van der Waals surface area contributed by atoms with Gasteiger partial charge in [0.1, 0.15) is 0 Å². The van der Waals surface area contributed by atoms with E-state index in [1.165, 1.54) is 32.1 Å². The van der Waals surface area contributed by atoms with Crippen LogP contribution in [0, 0.1) is 11.8 Å². The maximum atomic E-state index is 10.7. The molecule has 5 atom stereocenters. The van der Waals surface area contributed by atoms with Crippen molar-refractivity contribution in [2.24, 2.45) is 11.8 Å². The van der Waals surface area contributed by atoms with Crippen LogP contribution < -0.4 is 0 Å². The SMILES string of the molecule is CCCC12CC3C(C(C)(C)O)CC1C(Cc1ccccc12)N3C. The average molecular weight is 313 g/mol. The first-order valence-corrected chi connectivity index (χ1v) is 9.41. The topological polar surface area (TPSA) is 23.5 Å². The molecule has 1 saturated carbocycles. The van der Waals surface area contributed by atoms with Crippen LogP contribution in [0.3, 0.4) is 0 Å². The highest BCUT2D eigenvalue weighted by atomic mass is 16.3. The first-order chi connectivity index (χ1) is 10.9. The number of hydrogen-bond donors (Lipinski definition) is 1. The standard InChI is InChI=1S/C21H31NO/c1-5-10-21-13-19-16(20(2,3)23)12-17(21)18(22(19)4)11-14-8-6-7-9-15(14)21/h6-9,16-19,23H,5,10-13H2,1-4H3. The van der Waals surface area contributed by atoms with Crippen LogP contribution in [0.2, 0.25) is 0 Å². The van der Waals surface area contributed by atoms with Gasteiger partial charge in [0, 0.05) is 23.4 Å². The van der Waals surface area contributed by atoms with Gasteiger partial charge in [0.15, 0.2) is 0 Å². The first-order valence-electron chi connectivity index (χ1n) is 9.41. The minimum atomic E-state index is -0.570. The van der Waals surface area contributed by atoms with Crippen LogP contribution >= 0.6 is 0 Å². The predicted molar refractivity (Wildman–Crippen MR) is 94.6 cm³/mol. The van der Waals surface area contributed by atoms with Gasteiger partial charge < -0.3 is 5.11 Å². The number of benzene rings is 1. The van der Waals surface area contributed by atoms with E-state index in [-0.39, 0.29) is 0 Å². The summed E-state index contributed by atoms with van der Waals surface area (Å²) in [7, 11) is 2.31. The lowest BCUT2D eigenvalue weighted by Crippen LogP contribution is -2.70. The summed E-state index contributed by atoms with van der Waals surface area (Å²) >= 11 is 0. The molecule has 4 bridgehead atoms. The summed E-state index contributed by atoms with van der Waals surface area (Å²) in [4.78, 5) is 2.63. The van der Waals surface area contributed by atoms with E-state index in [2.05, 4.69) is 43.1 Å². The molecule has 1 aromatic carbocycles. The molecule has 2 heterocycles. The molecule has 126 valence electrons. The smallest absolute Gasteiger partial charge is 0.0634 e. The number of likely N-dealkylation sites (N-methyl/N-ethyl adjacent to an activating group) is 1. The van der Waals surface area contributed by atoms with Gasteiger partial charge in [-0.05, 0) is 63.6 Å². The van der Waals surface area contributed by atoms with Crippen molar-refractivity contribution in [1.29, 1.82) is 0 Å². The fourth-order valence-electron chi connectivity index (χ4n) is 6.44. The van der Waals surface area contributed by atoms with Crippen LogP contribution in [0.15, 0.2) is 24.3 Å². The number of hydrogen-bond acceptors (Lipinski definition) is 2. The van der Waals surface area contributed by atoms with Crippen molar-refractivity contribution in [3.8, 4) is 0 Å².